The van der Waals surface area contributed by atoms with Crippen LogP contribution in [0.25, 0.3) is 0 Å². The summed E-state index contributed by atoms with van der Waals surface area (Å²) in [5, 5.41) is 2.21. The van der Waals surface area contributed by atoms with Gasteiger partial charge in [-0.1, -0.05) is 12.1 Å². The van der Waals surface area contributed by atoms with Crippen LogP contribution >= 0.6 is 0 Å². The minimum atomic E-state index is -5.05. The van der Waals surface area contributed by atoms with Crippen LogP contribution in [0.4, 0.5) is 32.0 Å². The van der Waals surface area contributed by atoms with Gasteiger partial charge in [0.15, 0.2) is 0 Å². The van der Waals surface area contributed by atoms with Gasteiger partial charge in [0, 0.05) is 11.3 Å². The van der Waals surface area contributed by atoms with Crippen molar-refractivity contribution in [2.24, 2.45) is 5.73 Å². The Bertz CT molecular complexity index is 825. The number of nitrogens with one attached hydrogen (secondary N) is 1. The number of carbonyl (C=O) groups is 2. The molecule has 0 fully saturated rings. The topological polar surface area (TPSA) is 72.2 Å². The van der Waals surface area contributed by atoms with E-state index in [0.29, 0.717) is 17.7 Å². The molecule has 0 aliphatic carbocycles. The second-order valence-electron chi connectivity index (χ2n) is 5.59. The maximum atomic E-state index is 12.8. The number of halogens is 6. The number of hydrogen-bond donors (Lipinski definition) is 2. The maximum Gasteiger partial charge on any atom is 0.416 e. The highest BCUT2D eigenvalue weighted by Gasteiger charge is 2.37. The first-order valence-corrected chi connectivity index (χ1v) is 7.34. The Morgan fingerprint density at radius 3 is 1.74 bits per heavy atom. The van der Waals surface area contributed by atoms with Crippen molar-refractivity contribution in [3.8, 4) is 0 Å². The first kappa shape index (κ1) is 20.3. The van der Waals surface area contributed by atoms with Gasteiger partial charge in [-0.05, 0) is 35.9 Å². The van der Waals surface area contributed by atoms with E-state index in [1.54, 1.807) is 0 Å². The first-order valence-electron chi connectivity index (χ1n) is 7.34. The van der Waals surface area contributed by atoms with Crippen LogP contribution in [-0.2, 0) is 23.6 Å². The number of amides is 2. The summed E-state index contributed by atoms with van der Waals surface area (Å²) in [5.41, 5.74) is 1.72. The van der Waals surface area contributed by atoms with Crippen molar-refractivity contribution < 1.29 is 35.9 Å². The molecule has 0 saturated carbocycles. The standard InChI is InChI=1S/C17H12F6N2O2/c18-16(19,20)11-6-10(7-12(8-11)17(21,22)23)15(27)25-13-3-1-9(2-4-13)5-14(24)26/h1-4,6-8H,5H2,(H2,24,26)(H,25,27). The number of rotatable bonds is 4. The molecule has 2 rings (SSSR count). The quantitative estimate of drug-likeness (QED) is 0.775. The molecule has 0 spiro atoms. The third-order valence-corrected chi connectivity index (χ3v) is 3.44. The van der Waals surface area contributed by atoms with Gasteiger partial charge in [-0.25, -0.2) is 0 Å². The largest absolute Gasteiger partial charge is 0.416 e. The minimum Gasteiger partial charge on any atom is -0.369 e. The number of primary amides is 1. The van der Waals surface area contributed by atoms with Crippen LogP contribution < -0.4 is 11.1 Å². The molecule has 4 nitrogen and oxygen atoms in total. The predicted molar refractivity (Wildman–Crippen MR) is 83.7 cm³/mol. The molecule has 0 aliphatic rings. The zero-order chi connectivity index (χ0) is 20.4. The summed E-state index contributed by atoms with van der Waals surface area (Å²) in [5.74, 6) is -1.73. The van der Waals surface area contributed by atoms with Crippen molar-refractivity contribution in [3.05, 3.63) is 64.7 Å². The molecular weight excluding hydrogens is 378 g/mol. The van der Waals surface area contributed by atoms with Crippen LogP contribution in [0, 0.1) is 0 Å². The lowest BCUT2D eigenvalue weighted by molar-refractivity contribution is -0.143. The predicted octanol–water partition coefficient (Wildman–Crippen LogP) is 4.00. The van der Waals surface area contributed by atoms with Crippen molar-refractivity contribution in [2.45, 2.75) is 18.8 Å². The van der Waals surface area contributed by atoms with Gasteiger partial charge in [0.2, 0.25) is 5.91 Å². The second kappa shape index (κ2) is 7.29. The lowest BCUT2D eigenvalue weighted by atomic mass is 10.0. The van der Waals surface area contributed by atoms with Crippen molar-refractivity contribution >= 4 is 17.5 Å². The van der Waals surface area contributed by atoms with Crippen molar-refractivity contribution in [1.82, 2.24) is 0 Å². The van der Waals surface area contributed by atoms with Gasteiger partial charge in [-0.2, -0.15) is 26.3 Å². The Morgan fingerprint density at radius 1 is 0.852 bits per heavy atom. The van der Waals surface area contributed by atoms with Crippen LogP contribution in [0.3, 0.4) is 0 Å². The molecule has 0 saturated heterocycles. The average molecular weight is 390 g/mol. The van der Waals surface area contributed by atoms with E-state index in [4.69, 9.17) is 5.73 Å². The normalized spacial score (nSPS) is 11.9. The number of hydrogen-bond acceptors (Lipinski definition) is 2. The van der Waals surface area contributed by atoms with Gasteiger partial charge >= 0.3 is 12.4 Å². The van der Waals surface area contributed by atoms with Crippen LogP contribution in [0.1, 0.15) is 27.0 Å². The number of alkyl halides is 6. The first-order chi connectivity index (χ1) is 12.4. The van der Waals surface area contributed by atoms with Gasteiger partial charge in [0.25, 0.3) is 5.91 Å². The second-order valence-corrected chi connectivity index (χ2v) is 5.59. The molecule has 0 aromatic heterocycles. The summed E-state index contributed by atoms with van der Waals surface area (Å²) in [4.78, 5) is 22.9. The molecule has 2 amide bonds. The fourth-order valence-electron chi connectivity index (χ4n) is 2.20. The van der Waals surface area contributed by atoms with E-state index < -0.39 is 40.9 Å². The van der Waals surface area contributed by atoms with Crippen LogP contribution in [-0.4, -0.2) is 11.8 Å². The van der Waals surface area contributed by atoms with E-state index in [2.05, 4.69) is 5.32 Å². The number of benzene rings is 2. The van der Waals surface area contributed by atoms with E-state index in [1.165, 1.54) is 24.3 Å². The van der Waals surface area contributed by atoms with Gasteiger partial charge in [-0.3, -0.25) is 9.59 Å². The van der Waals surface area contributed by atoms with E-state index in [-0.39, 0.29) is 18.2 Å². The van der Waals surface area contributed by atoms with Gasteiger partial charge in [0.1, 0.15) is 0 Å². The molecule has 0 radical (unpaired) electrons. The van der Waals surface area contributed by atoms with Crippen LogP contribution in [0.15, 0.2) is 42.5 Å². The Hall–Kier alpha value is -3.04. The molecule has 0 heterocycles. The fourth-order valence-corrected chi connectivity index (χ4v) is 2.20. The Kier molecular flexibility index (Phi) is 5.48. The molecule has 0 aliphatic heterocycles. The van der Waals surface area contributed by atoms with E-state index in [0.717, 1.165) is 0 Å². The lowest BCUT2D eigenvalue weighted by Gasteiger charge is -2.14. The summed E-state index contributed by atoms with van der Waals surface area (Å²) in [6, 6.07) is 6.18. The molecule has 0 bridgehead atoms. The molecule has 0 unspecified atom stereocenters. The number of nitrogens with two attached hydrogens (primary N) is 1. The highest BCUT2D eigenvalue weighted by molar-refractivity contribution is 6.04. The molecule has 10 heteroatoms. The highest BCUT2D eigenvalue weighted by atomic mass is 19.4. The zero-order valence-corrected chi connectivity index (χ0v) is 13.4. The summed E-state index contributed by atoms with van der Waals surface area (Å²) in [6.45, 7) is 0. The Morgan fingerprint density at radius 2 is 1.33 bits per heavy atom. The van der Waals surface area contributed by atoms with Gasteiger partial charge in [0.05, 0.1) is 17.5 Å². The third-order valence-electron chi connectivity index (χ3n) is 3.44. The molecule has 3 N–H and O–H groups in total. The molecule has 144 valence electrons. The van der Waals surface area contributed by atoms with Crippen molar-refractivity contribution in [1.29, 1.82) is 0 Å². The average Bonchev–Trinajstić information content (AvgIpc) is 2.54. The van der Waals surface area contributed by atoms with Gasteiger partial charge in [-0.15, -0.1) is 0 Å². The van der Waals surface area contributed by atoms with Crippen molar-refractivity contribution in [2.75, 3.05) is 5.32 Å². The third kappa shape index (κ3) is 5.47. The summed E-state index contributed by atoms with van der Waals surface area (Å²) >= 11 is 0. The summed E-state index contributed by atoms with van der Waals surface area (Å²) < 4.78 is 77.0. The number of anilines is 1. The number of carbonyl (C=O) groups excluding carboxylic acids is 2. The van der Waals surface area contributed by atoms with Crippen molar-refractivity contribution in [3.63, 3.8) is 0 Å². The Labute approximate surface area is 149 Å². The molecular formula is C17H12F6N2O2. The van der Waals surface area contributed by atoms with Crippen LogP contribution in [0.5, 0.6) is 0 Å². The van der Waals surface area contributed by atoms with E-state index in [1.807, 2.05) is 0 Å². The highest BCUT2D eigenvalue weighted by Crippen LogP contribution is 2.36. The lowest BCUT2D eigenvalue weighted by Crippen LogP contribution is -2.17. The SMILES string of the molecule is NC(=O)Cc1ccc(NC(=O)c2cc(C(F)(F)F)cc(C(F)(F)F)c2)cc1. The smallest absolute Gasteiger partial charge is 0.369 e. The monoisotopic (exact) mass is 390 g/mol. The molecule has 2 aromatic carbocycles. The van der Waals surface area contributed by atoms with Crippen LogP contribution in [0.2, 0.25) is 0 Å². The van der Waals surface area contributed by atoms with E-state index in [9.17, 15) is 35.9 Å². The zero-order valence-electron chi connectivity index (χ0n) is 13.4. The fraction of sp³-hybridized carbons (Fsp3) is 0.176. The molecule has 27 heavy (non-hydrogen) atoms. The molecule has 0 atom stereocenters. The molecule has 2 aromatic rings. The Balaban J connectivity index is 2.31. The summed E-state index contributed by atoms with van der Waals surface area (Å²) in [6.07, 6.45) is -10.2. The summed E-state index contributed by atoms with van der Waals surface area (Å²) in [7, 11) is 0. The minimum absolute atomic E-state index is 0.0587. The van der Waals surface area contributed by atoms with Gasteiger partial charge < -0.3 is 11.1 Å². The van der Waals surface area contributed by atoms with E-state index >= 15 is 0 Å². The maximum absolute atomic E-state index is 12.8.